The van der Waals surface area contributed by atoms with E-state index in [-0.39, 0.29) is 5.43 Å². The minimum atomic E-state index is -0.484. The molecular weight excluding hydrogens is 478 g/mol. The summed E-state index contributed by atoms with van der Waals surface area (Å²) in [6.07, 6.45) is 1.43. The summed E-state index contributed by atoms with van der Waals surface area (Å²) < 4.78 is 8.21. The van der Waals surface area contributed by atoms with Crippen molar-refractivity contribution in [2.75, 3.05) is 11.2 Å². The molecule has 38 heavy (non-hydrogen) atoms. The highest BCUT2D eigenvalue weighted by Crippen LogP contribution is 2.37. The van der Waals surface area contributed by atoms with Gasteiger partial charge in [0.05, 0.1) is 22.0 Å². The van der Waals surface area contributed by atoms with Gasteiger partial charge in [0.25, 0.3) is 0 Å². The highest BCUT2D eigenvalue weighted by Gasteiger charge is 2.27. The zero-order chi connectivity index (χ0) is 25.8. The third kappa shape index (κ3) is 3.36. The summed E-state index contributed by atoms with van der Waals surface area (Å²) in [5.41, 5.74) is 18.6. The Morgan fingerprint density at radius 2 is 1.82 bits per heavy atom. The Balaban J connectivity index is 1.48. The number of benzene rings is 3. The number of fused-ring (bicyclic) bond motifs is 3. The highest BCUT2D eigenvalue weighted by molar-refractivity contribution is 5.99. The van der Waals surface area contributed by atoms with Crippen molar-refractivity contribution in [1.82, 2.24) is 25.2 Å². The number of anilines is 2. The van der Waals surface area contributed by atoms with Crippen LogP contribution in [0.3, 0.4) is 0 Å². The Bertz CT molecular complexity index is 1910. The van der Waals surface area contributed by atoms with E-state index in [2.05, 4.69) is 26.9 Å². The van der Waals surface area contributed by atoms with Crippen molar-refractivity contribution in [3.05, 3.63) is 101 Å². The molecule has 0 saturated carbocycles. The Kier molecular flexibility index (Phi) is 4.98. The van der Waals surface area contributed by atoms with Gasteiger partial charge in [-0.2, -0.15) is 5.10 Å². The summed E-state index contributed by atoms with van der Waals surface area (Å²) in [5.74, 6) is 0.825. The third-order valence-electron chi connectivity index (χ3n) is 7.04. The van der Waals surface area contributed by atoms with Crippen LogP contribution in [0.1, 0.15) is 24.3 Å². The van der Waals surface area contributed by atoms with Gasteiger partial charge in [-0.25, -0.2) is 20.1 Å². The van der Waals surface area contributed by atoms with E-state index in [0.717, 1.165) is 23.4 Å². The molecule has 4 heterocycles. The maximum absolute atomic E-state index is 13.8. The molecule has 0 amide bonds. The molecular formula is C29H23N7O2. The second-order valence-electron chi connectivity index (χ2n) is 9.31. The first-order chi connectivity index (χ1) is 18.6. The molecule has 7 rings (SSSR count). The number of hydrogen-bond acceptors (Lipinski definition) is 8. The molecule has 1 atom stereocenters. The van der Waals surface area contributed by atoms with Crippen molar-refractivity contribution in [2.24, 2.45) is 0 Å². The van der Waals surface area contributed by atoms with Crippen LogP contribution in [0.2, 0.25) is 0 Å². The Hall–Kier alpha value is -5.02. The Morgan fingerprint density at radius 1 is 1.00 bits per heavy atom. The number of nitrogens with zero attached hydrogens (tertiary/aromatic N) is 4. The number of rotatable bonds is 4. The molecule has 0 radical (unpaired) electrons. The maximum Gasteiger partial charge on any atom is 0.200 e. The van der Waals surface area contributed by atoms with Crippen LogP contribution in [0.25, 0.3) is 44.4 Å². The number of para-hydroxylation sites is 1. The fourth-order valence-corrected chi connectivity index (χ4v) is 5.14. The summed E-state index contributed by atoms with van der Waals surface area (Å²) in [4.78, 5) is 22.6. The average Bonchev–Trinajstić information content (AvgIpc) is 3.58. The van der Waals surface area contributed by atoms with E-state index in [0.29, 0.717) is 44.8 Å². The van der Waals surface area contributed by atoms with Gasteiger partial charge in [0.15, 0.2) is 5.65 Å². The van der Waals surface area contributed by atoms with Crippen LogP contribution in [0.5, 0.6) is 0 Å². The van der Waals surface area contributed by atoms with E-state index in [1.807, 2.05) is 61.5 Å². The van der Waals surface area contributed by atoms with Crippen molar-refractivity contribution in [3.8, 4) is 22.4 Å². The van der Waals surface area contributed by atoms with Gasteiger partial charge >= 0.3 is 0 Å². The zero-order valence-corrected chi connectivity index (χ0v) is 20.5. The fourth-order valence-electron chi connectivity index (χ4n) is 5.14. The van der Waals surface area contributed by atoms with E-state index >= 15 is 0 Å². The molecule has 0 bridgehead atoms. The molecule has 3 aromatic heterocycles. The Morgan fingerprint density at radius 3 is 2.68 bits per heavy atom. The van der Waals surface area contributed by atoms with Crippen LogP contribution in [0.4, 0.5) is 11.5 Å². The lowest BCUT2D eigenvalue weighted by atomic mass is 9.99. The number of hydrogen-bond donors (Lipinski definition) is 3. The molecule has 186 valence electrons. The molecule has 1 unspecified atom stereocenters. The van der Waals surface area contributed by atoms with E-state index in [9.17, 15) is 4.79 Å². The van der Waals surface area contributed by atoms with Crippen molar-refractivity contribution in [3.63, 3.8) is 0 Å². The fraction of sp³-hybridized carbons (Fsp3) is 0.103. The highest BCUT2D eigenvalue weighted by atomic mass is 16.3. The smallest absolute Gasteiger partial charge is 0.200 e. The molecule has 6 aromatic rings. The molecule has 3 aromatic carbocycles. The minimum Gasteiger partial charge on any atom is -0.458 e. The summed E-state index contributed by atoms with van der Waals surface area (Å²) in [5, 5.41) is 6.17. The molecule has 0 spiro atoms. The Labute approximate surface area is 216 Å². The monoisotopic (exact) mass is 501 g/mol. The van der Waals surface area contributed by atoms with Gasteiger partial charge in [-0.05, 0) is 36.2 Å². The summed E-state index contributed by atoms with van der Waals surface area (Å²) in [6, 6.07) is 22.5. The predicted molar refractivity (Wildman–Crippen MR) is 147 cm³/mol. The van der Waals surface area contributed by atoms with E-state index in [1.54, 1.807) is 16.8 Å². The topological polar surface area (TPSA) is 124 Å². The standard InChI is InChI=1S/C29H23N7O2/c1-16(27-23(17-7-3-2-4-8-17)26(37)20-9-5-6-10-22(20)38-27)36-29-24(28(30)31-15-32-29)25(35-36)18-11-12-19-14-33-34-21(19)13-18/h2-13,15-16,33-34H,14H2,1H3,(H2,30,31,32). The van der Waals surface area contributed by atoms with Crippen molar-refractivity contribution >= 4 is 33.5 Å². The number of aromatic nitrogens is 4. The lowest BCUT2D eigenvalue weighted by Gasteiger charge is -2.17. The van der Waals surface area contributed by atoms with E-state index in [4.69, 9.17) is 15.2 Å². The van der Waals surface area contributed by atoms with Gasteiger partial charge in [-0.15, -0.1) is 0 Å². The first-order valence-corrected chi connectivity index (χ1v) is 12.3. The molecule has 0 fully saturated rings. The van der Waals surface area contributed by atoms with Gasteiger partial charge < -0.3 is 15.6 Å². The van der Waals surface area contributed by atoms with Gasteiger partial charge in [0.2, 0.25) is 5.43 Å². The van der Waals surface area contributed by atoms with Gasteiger partial charge in [0.1, 0.15) is 35.2 Å². The van der Waals surface area contributed by atoms with Gasteiger partial charge in [-0.1, -0.05) is 54.6 Å². The molecule has 9 nitrogen and oxygen atoms in total. The molecule has 1 aliphatic heterocycles. The third-order valence-corrected chi connectivity index (χ3v) is 7.04. The zero-order valence-electron chi connectivity index (χ0n) is 20.5. The first-order valence-electron chi connectivity index (χ1n) is 12.3. The molecule has 1 aliphatic rings. The van der Waals surface area contributed by atoms with Gasteiger partial charge in [0, 0.05) is 12.1 Å². The van der Waals surface area contributed by atoms with Crippen molar-refractivity contribution < 1.29 is 4.42 Å². The largest absolute Gasteiger partial charge is 0.458 e. The van der Waals surface area contributed by atoms with Crippen molar-refractivity contribution in [1.29, 1.82) is 0 Å². The maximum atomic E-state index is 13.8. The van der Waals surface area contributed by atoms with Gasteiger partial charge in [-0.3, -0.25) is 4.79 Å². The number of nitrogen functional groups attached to an aromatic ring is 1. The average molecular weight is 502 g/mol. The first kappa shape index (κ1) is 22.2. The normalized spacial score (nSPS) is 13.5. The second-order valence-corrected chi connectivity index (χ2v) is 9.31. The van der Waals surface area contributed by atoms with Crippen molar-refractivity contribution in [2.45, 2.75) is 19.5 Å². The number of nitrogens with one attached hydrogen (secondary N) is 2. The van der Waals surface area contributed by atoms with Crippen LogP contribution >= 0.6 is 0 Å². The molecule has 4 N–H and O–H groups in total. The molecule has 0 saturated heterocycles. The van der Waals surface area contributed by atoms with E-state index in [1.165, 1.54) is 11.9 Å². The number of nitrogens with two attached hydrogens (primary N) is 1. The van der Waals surface area contributed by atoms with Crippen LogP contribution in [0.15, 0.2) is 88.3 Å². The van der Waals surface area contributed by atoms with Crippen LogP contribution in [-0.2, 0) is 6.54 Å². The summed E-state index contributed by atoms with van der Waals surface area (Å²) in [6.45, 7) is 2.69. The minimum absolute atomic E-state index is 0.0945. The second kappa shape index (κ2) is 8.53. The number of hydrazine groups is 1. The molecule has 0 aliphatic carbocycles. The predicted octanol–water partition coefficient (Wildman–Crippen LogP) is 4.89. The summed E-state index contributed by atoms with van der Waals surface area (Å²) in [7, 11) is 0. The quantitative estimate of drug-likeness (QED) is 0.312. The molecule has 9 heteroatoms. The lowest BCUT2D eigenvalue weighted by Crippen LogP contribution is -2.16. The SMILES string of the molecule is CC(c1oc2ccccc2c(=O)c1-c1ccccc1)n1nc(-c2ccc3c(c2)NNC3)c2c(N)ncnc21. The van der Waals surface area contributed by atoms with Crippen LogP contribution in [-0.4, -0.2) is 19.7 Å². The van der Waals surface area contributed by atoms with Crippen LogP contribution in [0, 0.1) is 0 Å². The van der Waals surface area contributed by atoms with E-state index < -0.39 is 6.04 Å². The summed E-state index contributed by atoms with van der Waals surface area (Å²) >= 11 is 0. The van der Waals surface area contributed by atoms with Crippen LogP contribution < -0.4 is 22.0 Å². The lowest BCUT2D eigenvalue weighted by molar-refractivity contribution is 0.446.